The predicted molar refractivity (Wildman–Crippen MR) is 70.9 cm³/mol. The highest BCUT2D eigenvalue weighted by Crippen LogP contribution is 2.30. The third-order valence-corrected chi connectivity index (χ3v) is 4.07. The molecule has 1 aliphatic heterocycles. The predicted octanol–water partition coefficient (Wildman–Crippen LogP) is 3.09. The van der Waals surface area contributed by atoms with Crippen molar-refractivity contribution in [1.29, 1.82) is 0 Å². The Morgan fingerprint density at radius 1 is 1.39 bits per heavy atom. The highest BCUT2D eigenvalue weighted by atomic mass is 32.2. The van der Waals surface area contributed by atoms with Gasteiger partial charge in [-0.05, 0) is 38.1 Å². The van der Waals surface area contributed by atoms with Crippen molar-refractivity contribution in [1.82, 2.24) is 10.2 Å². The van der Waals surface area contributed by atoms with Crippen LogP contribution < -0.4 is 5.32 Å². The van der Waals surface area contributed by atoms with Gasteiger partial charge in [0.15, 0.2) is 0 Å². The van der Waals surface area contributed by atoms with Gasteiger partial charge in [0.25, 0.3) is 0 Å². The average Bonchev–Trinajstić information content (AvgIpc) is 2.41. The number of nitrogens with one attached hydrogen (secondary N) is 1. The minimum absolute atomic E-state index is 0.0886. The smallest absolute Gasteiger partial charge is 0.313 e. The monoisotopic (exact) mass is 284 g/mol. The van der Waals surface area contributed by atoms with Gasteiger partial charge in [0, 0.05) is 30.9 Å². The zero-order valence-corrected chi connectivity index (χ0v) is 11.9. The number of halogens is 3. The molecular formula is C12H23F3N2S. The van der Waals surface area contributed by atoms with Gasteiger partial charge in [-0.15, -0.1) is 0 Å². The van der Waals surface area contributed by atoms with Gasteiger partial charge in [0.2, 0.25) is 0 Å². The average molecular weight is 284 g/mol. The van der Waals surface area contributed by atoms with Gasteiger partial charge in [0.05, 0.1) is 0 Å². The quantitative estimate of drug-likeness (QED) is 0.835. The highest BCUT2D eigenvalue weighted by molar-refractivity contribution is 8.00. The maximum atomic E-state index is 12.1. The molecule has 6 heteroatoms. The van der Waals surface area contributed by atoms with E-state index in [1.165, 1.54) is 0 Å². The second-order valence-corrected chi connectivity index (χ2v) is 6.03. The lowest BCUT2D eigenvalue weighted by Gasteiger charge is -2.29. The molecule has 1 fully saturated rings. The molecule has 0 radical (unpaired) electrons. The second kappa shape index (κ2) is 7.60. The molecule has 0 saturated carbocycles. The lowest BCUT2D eigenvalue weighted by molar-refractivity contribution is -0.0329. The Bertz CT molecular complexity index is 236. The van der Waals surface area contributed by atoms with Crippen LogP contribution in [0.5, 0.6) is 0 Å². The van der Waals surface area contributed by atoms with Crippen LogP contribution >= 0.6 is 11.8 Å². The molecule has 108 valence electrons. The van der Waals surface area contributed by atoms with Crippen molar-refractivity contribution in [2.45, 2.75) is 50.7 Å². The minimum atomic E-state index is -4.10. The SMILES string of the molecule is CCCC1CN(CCSC(F)(F)F)C(C)CCN1. The Balaban J connectivity index is 2.39. The van der Waals surface area contributed by atoms with E-state index < -0.39 is 5.51 Å². The van der Waals surface area contributed by atoms with E-state index in [9.17, 15) is 13.2 Å². The van der Waals surface area contributed by atoms with Crippen LogP contribution in [-0.4, -0.2) is 47.9 Å². The molecule has 0 amide bonds. The van der Waals surface area contributed by atoms with Crippen LogP contribution in [0, 0.1) is 0 Å². The van der Waals surface area contributed by atoms with Gasteiger partial charge in [-0.3, -0.25) is 4.90 Å². The molecule has 1 N–H and O–H groups in total. The molecule has 0 aromatic heterocycles. The first-order valence-corrected chi connectivity index (χ1v) is 7.59. The van der Waals surface area contributed by atoms with E-state index in [0.29, 0.717) is 18.6 Å². The van der Waals surface area contributed by atoms with Crippen LogP contribution in [0.25, 0.3) is 0 Å². The van der Waals surface area contributed by atoms with E-state index >= 15 is 0 Å². The van der Waals surface area contributed by atoms with Gasteiger partial charge >= 0.3 is 5.51 Å². The summed E-state index contributed by atoms with van der Waals surface area (Å²) in [6, 6.07) is 0.795. The first-order valence-electron chi connectivity index (χ1n) is 6.60. The molecule has 0 bridgehead atoms. The molecule has 0 spiro atoms. The first-order chi connectivity index (χ1) is 8.42. The largest absolute Gasteiger partial charge is 0.441 e. The third kappa shape index (κ3) is 6.29. The molecule has 1 saturated heterocycles. The van der Waals surface area contributed by atoms with Crippen LogP contribution in [0.15, 0.2) is 0 Å². The van der Waals surface area contributed by atoms with Gasteiger partial charge in [0.1, 0.15) is 0 Å². The van der Waals surface area contributed by atoms with Gasteiger partial charge < -0.3 is 5.32 Å². The number of alkyl halides is 3. The Morgan fingerprint density at radius 3 is 2.72 bits per heavy atom. The fraction of sp³-hybridized carbons (Fsp3) is 1.00. The second-order valence-electron chi connectivity index (χ2n) is 4.87. The summed E-state index contributed by atoms with van der Waals surface area (Å²) in [6.45, 7) is 6.60. The minimum Gasteiger partial charge on any atom is -0.313 e. The summed E-state index contributed by atoms with van der Waals surface area (Å²) in [7, 11) is 0. The van der Waals surface area contributed by atoms with E-state index in [1.807, 2.05) is 0 Å². The van der Waals surface area contributed by atoms with Crippen molar-refractivity contribution < 1.29 is 13.2 Å². The van der Waals surface area contributed by atoms with E-state index in [1.54, 1.807) is 0 Å². The van der Waals surface area contributed by atoms with Crippen LogP contribution in [0.2, 0.25) is 0 Å². The molecule has 1 heterocycles. The lowest BCUT2D eigenvalue weighted by atomic mass is 10.1. The van der Waals surface area contributed by atoms with Crippen molar-refractivity contribution in [3.05, 3.63) is 0 Å². The zero-order chi connectivity index (χ0) is 13.6. The summed E-state index contributed by atoms with van der Waals surface area (Å²) in [5.74, 6) is 0.132. The van der Waals surface area contributed by atoms with Crippen molar-refractivity contribution in [2.75, 3.05) is 25.4 Å². The maximum absolute atomic E-state index is 12.1. The van der Waals surface area contributed by atoms with Crippen molar-refractivity contribution in [2.24, 2.45) is 0 Å². The number of thioether (sulfide) groups is 1. The van der Waals surface area contributed by atoms with Gasteiger partial charge in [-0.25, -0.2) is 0 Å². The molecule has 0 aromatic carbocycles. The molecule has 2 nitrogen and oxygen atoms in total. The zero-order valence-electron chi connectivity index (χ0n) is 11.1. The van der Waals surface area contributed by atoms with Crippen molar-refractivity contribution in [3.63, 3.8) is 0 Å². The number of rotatable bonds is 5. The Kier molecular flexibility index (Phi) is 6.81. The van der Waals surface area contributed by atoms with Crippen LogP contribution in [0.3, 0.4) is 0 Å². The standard InChI is InChI=1S/C12H23F3N2S/c1-3-4-11-9-17(10(2)5-6-16-11)7-8-18-12(13,14)15/h10-11,16H,3-9H2,1-2H3. The molecule has 18 heavy (non-hydrogen) atoms. The first kappa shape index (κ1) is 16.1. The number of hydrogen-bond donors (Lipinski definition) is 1. The summed E-state index contributed by atoms with van der Waals surface area (Å²) in [5.41, 5.74) is -4.10. The Morgan fingerprint density at radius 2 is 2.11 bits per heavy atom. The fourth-order valence-electron chi connectivity index (χ4n) is 2.34. The Labute approximate surface area is 112 Å². The van der Waals surface area contributed by atoms with E-state index in [-0.39, 0.29) is 17.5 Å². The molecule has 1 rings (SSSR count). The van der Waals surface area contributed by atoms with E-state index in [4.69, 9.17) is 0 Å². The van der Waals surface area contributed by atoms with Crippen LogP contribution in [0.4, 0.5) is 13.2 Å². The van der Waals surface area contributed by atoms with Crippen LogP contribution in [0.1, 0.15) is 33.1 Å². The fourth-order valence-corrected chi connectivity index (χ4v) is 2.90. The number of hydrogen-bond acceptors (Lipinski definition) is 3. The summed E-state index contributed by atoms with van der Waals surface area (Å²) < 4.78 is 36.4. The Hall–Kier alpha value is 0.0600. The third-order valence-electron chi connectivity index (χ3n) is 3.35. The molecule has 0 aliphatic carbocycles. The highest BCUT2D eigenvalue weighted by Gasteiger charge is 2.29. The van der Waals surface area contributed by atoms with E-state index in [0.717, 1.165) is 32.4 Å². The van der Waals surface area contributed by atoms with Crippen molar-refractivity contribution in [3.8, 4) is 0 Å². The summed E-state index contributed by atoms with van der Waals surface area (Å²) in [4.78, 5) is 2.19. The molecular weight excluding hydrogens is 261 g/mol. The normalized spacial score (nSPS) is 27.2. The topological polar surface area (TPSA) is 15.3 Å². The van der Waals surface area contributed by atoms with Crippen molar-refractivity contribution >= 4 is 11.8 Å². The van der Waals surface area contributed by atoms with Gasteiger partial charge in [-0.1, -0.05) is 13.3 Å². The summed E-state index contributed by atoms with van der Waals surface area (Å²) in [5, 5.41) is 3.48. The number of nitrogens with zero attached hydrogens (tertiary/aromatic N) is 1. The molecule has 2 unspecified atom stereocenters. The van der Waals surface area contributed by atoms with E-state index in [2.05, 4.69) is 24.1 Å². The van der Waals surface area contributed by atoms with Gasteiger partial charge in [-0.2, -0.15) is 13.2 Å². The summed E-state index contributed by atoms with van der Waals surface area (Å²) >= 11 is 0.0886. The molecule has 1 aliphatic rings. The molecule has 2 atom stereocenters. The maximum Gasteiger partial charge on any atom is 0.441 e. The van der Waals surface area contributed by atoms with Crippen LogP contribution in [-0.2, 0) is 0 Å². The summed E-state index contributed by atoms with van der Waals surface area (Å²) in [6.07, 6.45) is 3.21. The molecule has 0 aromatic rings. The lowest BCUT2D eigenvalue weighted by Crippen LogP contribution is -2.41.